The van der Waals surface area contributed by atoms with Crippen LogP contribution in [0.4, 0.5) is 10.5 Å². The fourth-order valence-electron chi connectivity index (χ4n) is 2.69. The van der Waals surface area contributed by atoms with Crippen LogP contribution in [0, 0.1) is 5.92 Å². The van der Waals surface area contributed by atoms with E-state index in [1.165, 1.54) is 0 Å². The molecule has 2 amide bonds. The van der Waals surface area contributed by atoms with E-state index in [9.17, 15) is 9.59 Å². The van der Waals surface area contributed by atoms with Gasteiger partial charge in [-0.25, -0.2) is 4.79 Å². The van der Waals surface area contributed by atoms with Crippen molar-refractivity contribution < 1.29 is 14.3 Å². The van der Waals surface area contributed by atoms with Gasteiger partial charge >= 0.3 is 6.09 Å². The van der Waals surface area contributed by atoms with Crippen LogP contribution in [0.15, 0.2) is 24.3 Å². The van der Waals surface area contributed by atoms with E-state index < -0.39 is 5.60 Å². The number of ether oxygens (including phenoxy) is 1. The highest BCUT2D eigenvalue weighted by atomic mass is 35.5. The van der Waals surface area contributed by atoms with Crippen molar-refractivity contribution in [3.8, 4) is 0 Å². The number of carbonyl (C=O) groups excluding carboxylic acids is 2. The van der Waals surface area contributed by atoms with Crippen molar-refractivity contribution in [1.82, 2.24) is 4.90 Å². The van der Waals surface area contributed by atoms with Gasteiger partial charge in [0, 0.05) is 30.2 Å². The Balaban J connectivity index is 1.76. The van der Waals surface area contributed by atoms with Gasteiger partial charge in [-0.2, -0.15) is 0 Å². The molecule has 1 aliphatic heterocycles. The third-order valence-electron chi connectivity index (χ3n) is 3.85. The summed E-state index contributed by atoms with van der Waals surface area (Å²) in [4.78, 5) is 25.9. The maximum Gasteiger partial charge on any atom is 0.410 e. The van der Waals surface area contributed by atoms with Crippen molar-refractivity contribution in [2.75, 3.05) is 18.4 Å². The van der Waals surface area contributed by atoms with Crippen LogP contribution in [0.5, 0.6) is 0 Å². The SMILES string of the molecule is CC(C)(C)OC(=O)N1CCC(CC(=O)Nc2cccc(Cl)c2)CC1. The Hall–Kier alpha value is -1.75. The Labute approximate surface area is 148 Å². The zero-order chi connectivity index (χ0) is 17.7. The van der Waals surface area contributed by atoms with Crippen LogP contribution in [0.2, 0.25) is 5.02 Å². The Morgan fingerprint density at radius 1 is 1.29 bits per heavy atom. The molecule has 1 N–H and O–H groups in total. The molecular formula is C18H25ClN2O3. The molecule has 0 aromatic heterocycles. The van der Waals surface area contributed by atoms with Gasteiger partial charge in [0.25, 0.3) is 0 Å². The number of carbonyl (C=O) groups is 2. The van der Waals surface area contributed by atoms with Gasteiger partial charge in [0.15, 0.2) is 0 Å². The van der Waals surface area contributed by atoms with Gasteiger partial charge < -0.3 is 15.0 Å². The lowest BCUT2D eigenvalue weighted by atomic mass is 9.93. The molecule has 0 bridgehead atoms. The summed E-state index contributed by atoms with van der Waals surface area (Å²) in [5, 5.41) is 3.46. The highest BCUT2D eigenvalue weighted by Crippen LogP contribution is 2.23. The van der Waals surface area contributed by atoms with Crippen LogP contribution in [-0.2, 0) is 9.53 Å². The summed E-state index contributed by atoms with van der Waals surface area (Å²) in [7, 11) is 0. The maximum absolute atomic E-state index is 12.1. The summed E-state index contributed by atoms with van der Waals surface area (Å²) < 4.78 is 5.38. The summed E-state index contributed by atoms with van der Waals surface area (Å²) in [6, 6.07) is 7.11. The first-order valence-corrected chi connectivity index (χ1v) is 8.64. The molecule has 1 saturated heterocycles. The molecule has 24 heavy (non-hydrogen) atoms. The van der Waals surface area contributed by atoms with Gasteiger partial charge in [-0.15, -0.1) is 0 Å². The summed E-state index contributed by atoms with van der Waals surface area (Å²) >= 11 is 5.91. The molecule has 1 aliphatic rings. The van der Waals surface area contributed by atoms with Crippen LogP contribution in [0.1, 0.15) is 40.0 Å². The largest absolute Gasteiger partial charge is 0.444 e. The number of rotatable bonds is 3. The van der Waals surface area contributed by atoms with Gasteiger partial charge in [-0.05, 0) is 57.7 Å². The summed E-state index contributed by atoms with van der Waals surface area (Å²) in [5.74, 6) is 0.260. The second kappa shape index (κ2) is 7.88. The van der Waals surface area contributed by atoms with Crippen molar-refractivity contribution in [2.24, 2.45) is 5.92 Å². The number of amides is 2. The van der Waals surface area contributed by atoms with Crippen LogP contribution in [-0.4, -0.2) is 35.6 Å². The van der Waals surface area contributed by atoms with Crippen LogP contribution < -0.4 is 5.32 Å². The van der Waals surface area contributed by atoms with E-state index >= 15 is 0 Å². The molecule has 0 spiro atoms. The fourth-order valence-corrected chi connectivity index (χ4v) is 2.88. The van der Waals surface area contributed by atoms with Crippen molar-refractivity contribution >= 4 is 29.3 Å². The molecule has 1 aromatic rings. The topological polar surface area (TPSA) is 58.6 Å². The molecule has 0 aliphatic carbocycles. The summed E-state index contributed by atoms with van der Waals surface area (Å²) in [5.41, 5.74) is 0.226. The first-order chi connectivity index (χ1) is 11.2. The standard InChI is InChI=1S/C18H25ClN2O3/c1-18(2,3)24-17(23)21-9-7-13(8-10-21)11-16(22)20-15-6-4-5-14(19)12-15/h4-6,12-13H,7-11H2,1-3H3,(H,20,22). The van der Waals surface area contributed by atoms with Crippen LogP contribution in [0.25, 0.3) is 0 Å². The zero-order valence-electron chi connectivity index (χ0n) is 14.5. The Bertz CT molecular complexity index is 590. The van der Waals surface area contributed by atoms with Crippen molar-refractivity contribution in [1.29, 1.82) is 0 Å². The van der Waals surface area contributed by atoms with E-state index in [4.69, 9.17) is 16.3 Å². The number of nitrogens with one attached hydrogen (secondary N) is 1. The number of benzene rings is 1. The third-order valence-corrected chi connectivity index (χ3v) is 4.08. The lowest BCUT2D eigenvalue weighted by Gasteiger charge is -2.33. The molecule has 1 heterocycles. The predicted octanol–water partition coefficient (Wildman–Crippen LogP) is 4.32. The number of hydrogen-bond acceptors (Lipinski definition) is 3. The lowest BCUT2D eigenvalue weighted by Crippen LogP contribution is -2.42. The molecule has 5 nitrogen and oxygen atoms in total. The number of halogens is 1. The summed E-state index contributed by atoms with van der Waals surface area (Å²) in [6.45, 7) is 6.83. The molecule has 0 atom stereocenters. The van der Waals surface area contributed by atoms with Gasteiger partial charge in [0.05, 0.1) is 0 Å². The number of hydrogen-bond donors (Lipinski definition) is 1. The van der Waals surface area contributed by atoms with Gasteiger partial charge in [-0.1, -0.05) is 17.7 Å². The van der Waals surface area contributed by atoms with Gasteiger partial charge in [-0.3, -0.25) is 4.79 Å². The smallest absolute Gasteiger partial charge is 0.410 e. The lowest BCUT2D eigenvalue weighted by molar-refractivity contribution is -0.117. The molecule has 1 fully saturated rings. The van der Waals surface area contributed by atoms with Crippen molar-refractivity contribution in [2.45, 2.75) is 45.6 Å². The minimum absolute atomic E-state index is 0.0204. The van der Waals surface area contributed by atoms with E-state index in [0.717, 1.165) is 12.8 Å². The fraction of sp³-hybridized carbons (Fsp3) is 0.556. The Kier molecular flexibility index (Phi) is 6.10. The summed E-state index contributed by atoms with van der Waals surface area (Å²) in [6.07, 6.45) is 1.79. The Morgan fingerprint density at radius 3 is 2.54 bits per heavy atom. The molecule has 0 radical (unpaired) electrons. The first kappa shape index (κ1) is 18.6. The zero-order valence-corrected chi connectivity index (χ0v) is 15.2. The molecule has 2 rings (SSSR count). The normalized spacial score (nSPS) is 15.9. The molecule has 0 saturated carbocycles. The maximum atomic E-state index is 12.1. The second-order valence-corrected chi connectivity index (χ2v) is 7.61. The van der Waals surface area contributed by atoms with E-state index in [-0.39, 0.29) is 17.9 Å². The Morgan fingerprint density at radius 2 is 1.96 bits per heavy atom. The molecule has 132 valence electrons. The highest BCUT2D eigenvalue weighted by molar-refractivity contribution is 6.30. The molecule has 1 aromatic carbocycles. The average Bonchev–Trinajstić information content (AvgIpc) is 2.46. The first-order valence-electron chi connectivity index (χ1n) is 8.26. The molecule has 6 heteroatoms. The second-order valence-electron chi connectivity index (χ2n) is 7.17. The van der Waals surface area contributed by atoms with E-state index in [0.29, 0.717) is 30.2 Å². The number of nitrogens with zero attached hydrogens (tertiary/aromatic N) is 1. The van der Waals surface area contributed by atoms with Gasteiger partial charge in [0.2, 0.25) is 5.91 Å². The van der Waals surface area contributed by atoms with E-state index in [1.54, 1.807) is 23.1 Å². The minimum Gasteiger partial charge on any atom is -0.444 e. The van der Waals surface area contributed by atoms with Crippen molar-refractivity contribution in [3.63, 3.8) is 0 Å². The van der Waals surface area contributed by atoms with Crippen LogP contribution >= 0.6 is 11.6 Å². The molecule has 0 unspecified atom stereocenters. The van der Waals surface area contributed by atoms with E-state index in [2.05, 4.69) is 5.32 Å². The van der Waals surface area contributed by atoms with Crippen molar-refractivity contribution in [3.05, 3.63) is 29.3 Å². The minimum atomic E-state index is -0.481. The highest BCUT2D eigenvalue weighted by Gasteiger charge is 2.27. The number of piperidine rings is 1. The molecular weight excluding hydrogens is 328 g/mol. The quantitative estimate of drug-likeness (QED) is 0.881. The number of likely N-dealkylation sites (tertiary alicyclic amines) is 1. The third kappa shape index (κ3) is 6.04. The predicted molar refractivity (Wildman–Crippen MR) is 95.2 cm³/mol. The van der Waals surface area contributed by atoms with Gasteiger partial charge in [0.1, 0.15) is 5.60 Å². The average molecular weight is 353 g/mol. The monoisotopic (exact) mass is 352 g/mol. The van der Waals surface area contributed by atoms with Crippen LogP contribution in [0.3, 0.4) is 0 Å². The number of anilines is 1. The van der Waals surface area contributed by atoms with E-state index in [1.807, 2.05) is 26.8 Å².